The van der Waals surface area contributed by atoms with Gasteiger partial charge < -0.3 is 38.8 Å². The van der Waals surface area contributed by atoms with Crippen LogP contribution in [-0.4, -0.2) is 120 Å². The third-order valence-electron chi connectivity index (χ3n) is 12.8. The summed E-state index contributed by atoms with van der Waals surface area (Å²) in [5.41, 5.74) is 1.71. The molecule has 4 aliphatic rings. The van der Waals surface area contributed by atoms with Crippen LogP contribution in [0.2, 0.25) is 0 Å². The first kappa shape index (κ1) is 46.5. The summed E-state index contributed by atoms with van der Waals surface area (Å²) in [6.07, 6.45) is 5.16. The minimum absolute atomic E-state index is 0.0425. The van der Waals surface area contributed by atoms with Crippen molar-refractivity contribution in [3.63, 3.8) is 0 Å². The average Bonchev–Trinajstić information content (AvgIpc) is 3.18. The van der Waals surface area contributed by atoms with Crippen LogP contribution in [0.5, 0.6) is 0 Å². The number of alkyl halides is 1. The van der Waals surface area contributed by atoms with Crippen molar-refractivity contribution in [2.24, 2.45) is 29.6 Å². The second-order valence-electron chi connectivity index (χ2n) is 17.1. The van der Waals surface area contributed by atoms with Gasteiger partial charge in [-0.3, -0.25) is 14.4 Å². The van der Waals surface area contributed by atoms with Crippen LogP contribution >= 0.6 is 11.6 Å². The largest absolute Gasteiger partial charge is 0.456 e. The lowest BCUT2D eigenvalue weighted by molar-refractivity contribution is -0.302. The molecule has 3 heterocycles. The number of methoxy groups -OCH3 is 3. The number of esters is 1. The van der Waals surface area contributed by atoms with Gasteiger partial charge in [-0.25, -0.2) is 4.79 Å². The molecule has 2 N–H and O–H groups in total. The number of Topliss-reactive ketones (excluding diaryl/α,β-unsaturated/α-hetero) is 2. The topological polar surface area (TPSA) is 158 Å². The number of carbonyl (C=O) groups excluding carboxylic acids is 4. The van der Waals surface area contributed by atoms with Gasteiger partial charge in [0.15, 0.2) is 0 Å². The Morgan fingerprint density at radius 3 is 2.27 bits per heavy atom. The molecule has 0 aromatic heterocycles. The van der Waals surface area contributed by atoms with Gasteiger partial charge in [0, 0.05) is 52.0 Å². The molecule has 4 rings (SSSR count). The van der Waals surface area contributed by atoms with Crippen LogP contribution in [0.15, 0.2) is 23.3 Å². The van der Waals surface area contributed by atoms with Crippen molar-refractivity contribution in [1.29, 1.82) is 0 Å². The van der Waals surface area contributed by atoms with Gasteiger partial charge in [0.2, 0.25) is 5.79 Å². The molecule has 1 saturated carbocycles. The van der Waals surface area contributed by atoms with Crippen molar-refractivity contribution in [3.05, 3.63) is 23.3 Å². The first-order valence-corrected chi connectivity index (χ1v) is 21.2. The summed E-state index contributed by atoms with van der Waals surface area (Å²) in [6, 6.07) is -1.12. The van der Waals surface area contributed by atoms with Crippen molar-refractivity contribution in [2.45, 2.75) is 166 Å². The van der Waals surface area contributed by atoms with Crippen LogP contribution in [0.4, 0.5) is 0 Å². The number of allylic oxidation sites excluding steroid dienone is 3. The third kappa shape index (κ3) is 10.9. The van der Waals surface area contributed by atoms with Crippen molar-refractivity contribution < 1.29 is 53.1 Å². The van der Waals surface area contributed by atoms with Gasteiger partial charge in [-0.15, -0.1) is 11.6 Å². The molecule has 0 spiro atoms. The SMILES string of the molecule is CCC1/C=C(/C)C[C@H](C)CC(OC)[C@H]2O[C@@](O)(C(=O)C(=O)N3CCCC[C@H]3C(=O)O[C@H](/C(C)=C/[C@@H]3CC[C@H](Cl)[C@H](OC)C3)[C@H](C)[C@@H](O)CC1=O)[C@H](C)C[C@@H]2OC. The molecule has 12 nitrogen and oxygen atoms in total. The molecule has 3 fully saturated rings. The second kappa shape index (κ2) is 20.7. The van der Waals surface area contributed by atoms with E-state index in [0.29, 0.717) is 44.1 Å². The van der Waals surface area contributed by atoms with Crippen molar-refractivity contribution in [1.82, 2.24) is 4.90 Å². The summed E-state index contributed by atoms with van der Waals surface area (Å²) in [6.45, 7) is 11.3. The number of nitrogens with zero attached hydrogens (tertiary/aromatic N) is 1. The standard InChI is InChI=1S/C43H68ClNO11/c1-10-30-18-24(2)17-25(3)19-36(53-8)39-37(54-9)21-27(5)43(51,56-39)40(48)41(49)45-16-12-11-13-32(45)42(50)55-38(28(6)33(46)23-34(30)47)26(4)20-29-14-15-31(44)35(22-29)52-7/h18,20,25,27-33,35-39,46,51H,10-17,19,21-23H2,1-9H3/b24-18-,26-20+/t25-,27+,28+,29-,30?,31-,32-,33-,35+,36?,37-,38+,39+,43+/m0/s1. The zero-order valence-electron chi connectivity index (χ0n) is 35.0. The number of aliphatic hydroxyl groups excluding tert-OH is 1. The lowest BCUT2D eigenvalue weighted by atomic mass is 9.82. The van der Waals surface area contributed by atoms with Crippen molar-refractivity contribution in [3.8, 4) is 0 Å². The lowest BCUT2D eigenvalue weighted by Gasteiger charge is -2.47. The summed E-state index contributed by atoms with van der Waals surface area (Å²) in [4.78, 5) is 57.7. The van der Waals surface area contributed by atoms with E-state index in [1.54, 1.807) is 21.0 Å². The number of halogens is 1. The zero-order chi connectivity index (χ0) is 41.5. The maximum absolute atomic E-state index is 14.3. The second-order valence-corrected chi connectivity index (χ2v) is 17.7. The molecule has 0 radical (unpaired) electrons. The molecular formula is C43H68ClNO11. The zero-order valence-corrected chi connectivity index (χ0v) is 35.8. The molecule has 2 saturated heterocycles. The maximum atomic E-state index is 14.3. The Balaban J connectivity index is 1.76. The average molecular weight is 810 g/mol. The van der Waals surface area contributed by atoms with Gasteiger partial charge in [-0.1, -0.05) is 45.4 Å². The number of cyclic esters (lactones) is 1. The summed E-state index contributed by atoms with van der Waals surface area (Å²) >= 11 is 6.52. The van der Waals surface area contributed by atoms with Crippen LogP contribution < -0.4 is 0 Å². The van der Waals surface area contributed by atoms with Crippen LogP contribution in [-0.2, 0) is 42.9 Å². The van der Waals surface area contributed by atoms with E-state index in [4.69, 9.17) is 35.3 Å². The molecular weight excluding hydrogens is 742 g/mol. The highest BCUT2D eigenvalue weighted by Crippen LogP contribution is 2.39. The third-order valence-corrected chi connectivity index (χ3v) is 13.3. The summed E-state index contributed by atoms with van der Waals surface area (Å²) in [7, 11) is 4.71. The molecule has 0 aromatic rings. The van der Waals surface area contributed by atoms with Crippen LogP contribution in [0, 0.1) is 29.6 Å². The number of hydrogen-bond acceptors (Lipinski definition) is 11. The number of rotatable bonds is 6. The molecule has 0 aromatic carbocycles. The van der Waals surface area contributed by atoms with E-state index >= 15 is 0 Å². The van der Waals surface area contributed by atoms with Gasteiger partial charge in [0.25, 0.3) is 11.7 Å². The molecule has 3 aliphatic heterocycles. The Bertz CT molecular complexity index is 1440. The van der Waals surface area contributed by atoms with Gasteiger partial charge in [-0.2, -0.15) is 0 Å². The van der Waals surface area contributed by atoms with E-state index in [2.05, 4.69) is 6.92 Å². The fourth-order valence-corrected chi connectivity index (χ4v) is 9.69. The number of carbonyl (C=O) groups is 4. The van der Waals surface area contributed by atoms with E-state index < -0.39 is 77.8 Å². The quantitative estimate of drug-likeness (QED) is 0.146. The lowest BCUT2D eigenvalue weighted by Crippen LogP contribution is -2.64. The molecule has 13 heteroatoms. The Morgan fingerprint density at radius 2 is 1.62 bits per heavy atom. The summed E-state index contributed by atoms with van der Waals surface area (Å²) in [5, 5.41) is 23.6. The molecule has 2 bridgehead atoms. The number of amides is 1. The van der Waals surface area contributed by atoms with E-state index in [1.165, 1.54) is 19.1 Å². The minimum Gasteiger partial charge on any atom is -0.456 e. The maximum Gasteiger partial charge on any atom is 0.329 e. The van der Waals surface area contributed by atoms with E-state index in [0.717, 1.165) is 18.4 Å². The van der Waals surface area contributed by atoms with Crippen LogP contribution in [0.3, 0.4) is 0 Å². The van der Waals surface area contributed by atoms with E-state index in [9.17, 15) is 29.4 Å². The predicted molar refractivity (Wildman–Crippen MR) is 212 cm³/mol. The van der Waals surface area contributed by atoms with Crippen LogP contribution in [0.25, 0.3) is 0 Å². The van der Waals surface area contributed by atoms with Crippen LogP contribution in [0.1, 0.15) is 112 Å². The minimum atomic E-state index is -2.49. The number of ether oxygens (including phenoxy) is 5. The number of ketones is 2. The first-order valence-electron chi connectivity index (χ1n) is 20.7. The fourth-order valence-electron chi connectivity index (χ4n) is 9.36. The molecule has 14 atom stereocenters. The van der Waals surface area contributed by atoms with Crippen molar-refractivity contribution >= 4 is 35.0 Å². The molecule has 56 heavy (non-hydrogen) atoms. The number of aliphatic hydroxyl groups is 2. The number of piperidine rings is 1. The van der Waals surface area contributed by atoms with Gasteiger partial charge in [-0.05, 0) is 95.5 Å². The number of hydrogen-bond donors (Lipinski definition) is 2. The molecule has 1 amide bonds. The Labute approximate surface area is 339 Å². The monoisotopic (exact) mass is 809 g/mol. The normalized spacial score (nSPS) is 41.6. The molecule has 318 valence electrons. The smallest absolute Gasteiger partial charge is 0.329 e. The van der Waals surface area contributed by atoms with E-state index in [-0.39, 0.29) is 54.9 Å². The predicted octanol–water partition coefficient (Wildman–Crippen LogP) is 5.72. The Hall–Kier alpha value is -2.19. The van der Waals surface area contributed by atoms with Gasteiger partial charge in [0.1, 0.15) is 24.0 Å². The Kier molecular flexibility index (Phi) is 17.2. The highest BCUT2D eigenvalue weighted by atomic mass is 35.5. The fraction of sp³-hybridized carbons (Fsp3) is 0.814. The van der Waals surface area contributed by atoms with Gasteiger partial charge in [0.05, 0.1) is 29.8 Å². The Morgan fingerprint density at radius 1 is 0.964 bits per heavy atom. The van der Waals surface area contributed by atoms with Gasteiger partial charge >= 0.3 is 5.97 Å². The summed E-state index contributed by atoms with van der Waals surface area (Å²) in [5.74, 6) is -7.31. The highest BCUT2D eigenvalue weighted by molar-refractivity contribution is 6.39. The molecule has 2 unspecified atom stereocenters. The summed E-state index contributed by atoms with van der Waals surface area (Å²) < 4.78 is 29.9. The van der Waals surface area contributed by atoms with Crippen molar-refractivity contribution in [2.75, 3.05) is 27.9 Å². The first-order chi connectivity index (χ1) is 26.5. The molecule has 1 aliphatic carbocycles. The van der Waals surface area contributed by atoms with E-state index in [1.807, 2.05) is 32.9 Å². The number of fused-ring (bicyclic) bond motifs is 3. The highest BCUT2D eigenvalue weighted by Gasteiger charge is 2.56.